The van der Waals surface area contributed by atoms with Gasteiger partial charge in [-0.3, -0.25) is 19.9 Å². The normalized spacial score (nSPS) is 11.4. The van der Waals surface area contributed by atoms with E-state index in [1.807, 2.05) is 30.3 Å². The summed E-state index contributed by atoms with van der Waals surface area (Å²) in [6.45, 7) is 2.90. The lowest BCUT2D eigenvalue weighted by Crippen LogP contribution is -2.35. The Morgan fingerprint density at radius 1 is 1.12 bits per heavy atom. The number of benzene rings is 1. The van der Waals surface area contributed by atoms with Crippen LogP contribution < -0.4 is 20.0 Å². The van der Waals surface area contributed by atoms with E-state index in [1.165, 1.54) is 6.92 Å². The molecule has 34 heavy (non-hydrogen) atoms. The van der Waals surface area contributed by atoms with E-state index in [9.17, 15) is 35.0 Å². The molecule has 13 heteroatoms. The maximum absolute atomic E-state index is 11.9. The minimum Gasteiger partial charge on any atom is -0.465 e. The Morgan fingerprint density at radius 2 is 1.71 bits per heavy atom. The molecule has 0 aliphatic carbocycles. The van der Waals surface area contributed by atoms with Gasteiger partial charge in [0.15, 0.2) is 0 Å². The Kier molecular flexibility index (Phi) is 8.95. The van der Waals surface area contributed by atoms with Gasteiger partial charge in [0.05, 0.1) is 11.0 Å². The number of rotatable bonds is 11. The Morgan fingerprint density at radius 3 is 2.21 bits per heavy atom. The van der Waals surface area contributed by atoms with E-state index < -0.39 is 34.7 Å². The van der Waals surface area contributed by atoms with Crippen LogP contribution in [0.5, 0.6) is 0 Å². The van der Waals surface area contributed by atoms with Crippen LogP contribution in [0.15, 0.2) is 36.4 Å². The Hall–Kier alpha value is -4.13. The van der Waals surface area contributed by atoms with Crippen molar-refractivity contribution in [2.75, 3.05) is 53.2 Å². The summed E-state index contributed by atoms with van der Waals surface area (Å²) in [6.07, 6.45) is -3.80. The molecule has 1 unspecified atom stereocenters. The zero-order chi connectivity index (χ0) is 25.4. The number of pyridine rings is 1. The maximum atomic E-state index is 11.9. The molecule has 0 spiro atoms. The van der Waals surface area contributed by atoms with Crippen LogP contribution in [0.4, 0.5) is 38.3 Å². The molecule has 2 aromatic rings. The van der Waals surface area contributed by atoms with Crippen molar-refractivity contribution in [2.24, 2.45) is 0 Å². The molecule has 0 radical (unpaired) electrons. The first-order chi connectivity index (χ1) is 16.1. The molecule has 2 amide bonds. The van der Waals surface area contributed by atoms with Crippen LogP contribution >= 0.6 is 0 Å². The zero-order valence-corrected chi connectivity index (χ0v) is 19.1. The molecule has 0 saturated heterocycles. The van der Waals surface area contributed by atoms with Gasteiger partial charge in [-0.1, -0.05) is 18.2 Å². The van der Waals surface area contributed by atoms with Crippen LogP contribution in [-0.4, -0.2) is 76.7 Å². The van der Waals surface area contributed by atoms with Gasteiger partial charge in [-0.2, -0.15) is 0 Å². The van der Waals surface area contributed by atoms with Crippen LogP contribution in [0.1, 0.15) is 13.8 Å². The van der Waals surface area contributed by atoms with Gasteiger partial charge in [-0.05, 0) is 26.0 Å². The number of amides is 2. The highest BCUT2D eigenvalue weighted by Crippen LogP contribution is 2.37. The summed E-state index contributed by atoms with van der Waals surface area (Å²) in [7, 11) is 1.78. The summed E-state index contributed by atoms with van der Waals surface area (Å²) in [5.74, 6) is -0.704. The number of nitrogens with zero attached hydrogens (tertiary/aromatic N) is 5. The standard InChI is InChI=1S/C21H28N6O7/c1-4-25(20(29)30)17-11-16(18(27(33)34)19(23-17)26(5-2)21(31)32)22-12-15(28)13-24(3)14-9-7-6-8-10-14/h6-11,15,28H,4-5,12-13H2,1-3H3,(H,22,23)(H,29,30)(H,31,32). The second kappa shape index (κ2) is 11.7. The fraction of sp³-hybridized carbons (Fsp3) is 0.381. The number of aliphatic hydroxyl groups is 1. The van der Waals surface area contributed by atoms with Crippen LogP contribution in [0.2, 0.25) is 0 Å². The van der Waals surface area contributed by atoms with E-state index in [0.29, 0.717) is 4.90 Å². The molecule has 1 aromatic carbocycles. The molecule has 0 saturated carbocycles. The summed E-state index contributed by atoms with van der Waals surface area (Å²) >= 11 is 0. The first kappa shape index (κ1) is 26.1. The topological polar surface area (TPSA) is 173 Å². The molecule has 2 rings (SSSR count). The molecule has 1 aromatic heterocycles. The van der Waals surface area contributed by atoms with Crippen LogP contribution in [0.3, 0.4) is 0 Å². The van der Waals surface area contributed by atoms with Gasteiger partial charge >= 0.3 is 17.9 Å². The number of para-hydroxylation sites is 1. The zero-order valence-electron chi connectivity index (χ0n) is 19.1. The maximum Gasteiger partial charge on any atom is 0.413 e. The van der Waals surface area contributed by atoms with E-state index in [-0.39, 0.29) is 37.7 Å². The number of carboxylic acid groups (broad SMARTS) is 2. The summed E-state index contributed by atoms with van der Waals surface area (Å²) in [4.78, 5) is 41.7. The molecule has 1 heterocycles. The van der Waals surface area contributed by atoms with Crippen molar-refractivity contribution in [1.82, 2.24) is 4.98 Å². The van der Waals surface area contributed by atoms with Crippen molar-refractivity contribution in [3.63, 3.8) is 0 Å². The lowest BCUT2D eigenvalue weighted by Gasteiger charge is -2.24. The van der Waals surface area contributed by atoms with Gasteiger partial charge in [0.1, 0.15) is 11.5 Å². The van der Waals surface area contributed by atoms with Crippen molar-refractivity contribution in [1.29, 1.82) is 0 Å². The summed E-state index contributed by atoms with van der Waals surface area (Å²) in [6, 6.07) is 10.4. The van der Waals surface area contributed by atoms with E-state index in [4.69, 9.17) is 0 Å². The number of anilines is 4. The van der Waals surface area contributed by atoms with E-state index >= 15 is 0 Å². The Labute approximate surface area is 196 Å². The van der Waals surface area contributed by atoms with E-state index in [1.54, 1.807) is 18.9 Å². The minimum absolute atomic E-state index is 0.0251. The highest BCUT2D eigenvalue weighted by molar-refractivity contribution is 5.93. The number of hydrogen-bond donors (Lipinski definition) is 4. The van der Waals surface area contributed by atoms with Crippen molar-refractivity contribution in [3.05, 3.63) is 46.5 Å². The van der Waals surface area contributed by atoms with Crippen molar-refractivity contribution >= 4 is 40.9 Å². The van der Waals surface area contributed by atoms with Crippen molar-refractivity contribution in [3.8, 4) is 0 Å². The summed E-state index contributed by atoms with van der Waals surface area (Å²) in [5.41, 5.74) is 0.0602. The van der Waals surface area contributed by atoms with Gasteiger partial charge in [-0.15, -0.1) is 0 Å². The Balaban J connectivity index is 2.42. The van der Waals surface area contributed by atoms with Crippen LogP contribution in [0, 0.1) is 10.1 Å². The third kappa shape index (κ3) is 6.22. The molecule has 1 atom stereocenters. The number of carbonyl (C=O) groups is 2. The van der Waals surface area contributed by atoms with Gasteiger partial charge in [-0.25, -0.2) is 14.6 Å². The number of likely N-dealkylation sites (N-methyl/N-ethyl adjacent to an activating group) is 1. The number of nitrogens with one attached hydrogen (secondary N) is 1. The molecular formula is C21H28N6O7. The smallest absolute Gasteiger partial charge is 0.413 e. The average Bonchev–Trinajstić information content (AvgIpc) is 2.78. The molecule has 0 aliphatic heterocycles. The number of nitro groups is 1. The predicted molar refractivity (Wildman–Crippen MR) is 127 cm³/mol. The highest BCUT2D eigenvalue weighted by atomic mass is 16.6. The van der Waals surface area contributed by atoms with Gasteiger partial charge < -0.3 is 25.5 Å². The summed E-state index contributed by atoms with van der Waals surface area (Å²) in [5, 5.41) is 44.1. The van der Waals surface area contributed by atoms with Crippen LogP contribution in [-0.2, 0) is 0 Å². The lowest BCUT2D eigenvalue weighted by atomic mass is 10.2. The molecule has 4 N–H and O–H groups in total. The highest BCUT2D eigenvalue weighted by Gasteiger charge is 2.31. The molecule has 0 fully saturated rings. The number of aliphatic hydroxyl groups excluding tert-OH is 1. The summed E-state index contributed by atoms with van der Waals surface area (Å²) < 4.78 is 0. The second-order valence-electron chi connectivity index (χ2n) is 7.26. The van der Waals surface area contributed by atoms with Gasteiger partial charge in [0.25, 0.3) is 0 Å². The van der Waals surface area contributed by atoms with E-state index in [2.05, 4.69) is 10.3 Å². The molecule has 184 valence electrons. The molecule has 0 bridgehead atoms. The largest absolute Gasteiger partial charge is 0.465 e. The van der Waals surface area contributed by atoms with Gasteiger partial charge in [0, 0.05) is 45.0 Å². The van der Waals surface area contributed by atoms with Crippen molar-refractivity contribution < 1.29 is 29.8 Å². The van der Waals surface area contributed by atoms with Gasteiger partial charge in [0.2, 0.25) is 5.82 Å². The quantitative estimate of drug-likeness (QED) is 0.279. The Bertz CT molecular complexity index is 1020. The molecular weight excluding hydrogens is 448 g/mol. The lowest BCUT2D eigenvalue weighted by molar-refractivity contribution is -0.383. The third-order valence-corrected chi connectivity index (χ3v) is 4.98. The monoisotopic (exact) mass is 476 g/mol. The first-order valence-electron chi connectivity index (χ1n) is 10.5. The molecule has 13 nitrogen and oxygen atoms in total. The number of aromatic nitrogens is 1. The average molecular weight is 476 g/mol. The third-order valence-electron chi connectivity index (χ3n) is 4.98. The van der Waals surface area contributed by atoms with E-state index in [0.717, 1.165) is 16.7 Å². The second-order valence-corrected chi connectivity index (χ2v) is 7.26. The fourth-order valence-electron chi connectivity index (χ4n) is 3.32. The number of hydrogen-bond acceptors (Lipinski definition) is 8. The first-order valence-corrected chi connectivity index (χ1v) is 10.5. The fourth-order valence-corrected chi connectivity index (χ4v) is 3.32. The van der Waals surface area contributed by atoms with Crippen molar-refractivity contribution in [2.45, 2.75) is 20.0 Å². The SMILES string of the molecule is CCN(C(=O)O)c1cc(NCC(O)CN(C)c2ccccc2)c([N+](=O)[O-])c(N(CC)C(=O)O)n1. The minimum atomic E-state index is -1.48. The molecule has 0 aliphatic rings. The predicted octanol–water partition coefficient (Wildman–Crippen LogP) is 2.91. The van der Waals surface area contributed by atoms with Crippen LogP contribution in [0.25, 0.3) is 0 Å².